The Labute approximate surface area is 431 Å². The van der Waals surface area contributed by atoms with Crippen molar-refractivity contribution < 1.29 is 0 Å². The molecule has 0 bridgehead atoms. The molecule has 1 aliphatic rings. The smallest absolute Gasteiger partial charge is 0.130 e. The highest BCUT2D eigenvalue weighted by atomic mass is 32.3. The van der Waals surface area contributed by atoms with Gasteiger partial charge in [0.1, 0.15) is 6.17 Å². The van der Waals surface area contributed by atoms with E-state index in [2.05, 4.69) is 289 Å². The third-order valence-electron chi connectivity index (χ3n) is 14.8. The Balaban J connectivity index is 0.905. The predicted molar refractivity (Wildman–Crippen MR) is 312 cm³/mol. The van der Waals surface area contributed by atoms with Gasteiger partial charge in [0.15, 0.2) is 0 Å². The maximum Gasteiger partial charge on any atom is 0.130 e. The molecule has 14 rings (SSSR count). The highest BCUT2D eigenvalue weighted by molar-refractivity contribution is 8.34. The Bertz CT molecular complexity index is 4070. The molecular formula is C69H48N2S2. The molecule has 13 aromatic rings. The van der Waals surface area contributed by atoms with Gasteiger partial charge in [0.05, 0.1) is 11.4 Å². The van der Waals surface area contributed by atoms with E-state index in [-0.39, 0.29) is 6.17 Å². The van der Waals surface area contributed by atoms with Crippen LogP contribution in [0.15, 0.2) is 299 Å². The quantitative estimate of drug-likeness (QED) is 0.145. The zero-order valence-corrected chi connectivity index (χ0v) is 41.5. The minimum atomic E-state index is -1.97. The molecule has 2 nitrogen and oxygen atoms in total. The zero-order chi connectivity index (χ0) is 48.3. The number of hydrogen-bond donors (Lipinski definition) is 1. The van der Waals surface area contributed by atoms with E-state index in [0.717, 1.165) is 11.4 Å². The molecule has 0 amide bonds. The van der Waals surface area contributed by atoms with Gasteiger partial charge in [-0.05, 0) is 139 Å². The van der Waals surface area contributed by atoms with Gasteiger partial charge in [-0.3, -0.25) is 0 Å². The molecule has 0 radical (unpaired) electrons. The average molecular weight is 969 g/mol. The monoisotopic (exact) mass is 968 g/mol. The van der Waals surface area contributed by atoms with Gasteiger partial charge in [-0.25, -0.2) is 0 Å². The molecule has 1 atom stereocenters. The summed E-state index contributed by atoms with van der Waals surface area (Å²) >= 11 is 1.92. The molecule has 73 heavy (non-hydrogen) atoms. The SMILES string of the molecule is c1ccc(C2Nc3cc(-c4cccc(-c5c6ccccc6c(-c6ccc(S(c7ccccc7)(c7ccccc7)c7cccc8c7sc7ccccc78)cc6)c6ccccc56)c4)ccc3N2c2ccccc2)cc1. The van der Waals surface area contributed by atoms with E-state index in [1.54, 1.807) is 0 Å². The number of benzene rings is 12. The maximum absolute atomic E-state index is 3.90. The molecule has 0 aliphatic carbocycles. The van der Waals surface area contributed by atoms with Crippen molar-refractivity contribution >= 4 is 80.1 Å². The van der Waals surface area contributed by atoms with Gasteiger partial charge >= 0.3 is 0 Å². The summed E-state index contributed by atoms with van der Waals surface area (Å²) in [7, 11) is -1.97. The van der Waals surface area contributed by atoms with Crippen molar-refractivity contribution in [2.75, 3.05) is 10.2 Å². The van der Waals surface area contributed by atoms with Gasteiger partial charge in [0.25, 0.3) is 0 Å². The number of hydrogen-bond acceptors (Lipinski definition) is 3. The molecule has 346 valence electrons. The lowest BCUT2D eigenvalue weighted by Crippen LogP contribution is -2.23. The van der Waals surface area contributed by atoms with E-state index < -0.39 is 10.0 Å². The molecule has 0 saturated carbocycles. The van der Waals surface area contributed by atoms with Gasteiger partial charge in [-0.2, -0.15) is 0 Å². The second kappa shape index (κ2) is 17.9. The van der Waals surface area contributed by atoms with Crippen LogP contribution in [0.25, 0.3) is 75.1 Å². The van der Waals surface area contributed by atoms with Crippen LogP contribution in [0.3, 0.4) is 0 Å². The zero-order valence-electron chi connectivity index (χ0n) is 39.9. The second-order valence-corrected chi connectivity index (χ2v) is 22.9. The van der Waals surface area contributed by atoms with Crippen molar-refractivity contribution in [1.82, 2.24) is 0 Å². The summed E-state index contributed by atoms with van der Waals surface area (Å²) in [6.45, 7) is 0. The molecule has 1 aromatic heterocycles. The van der Waals surface area contributed by atoms with Gasteiger partial charge in [-0.15, -0.1) is 21.4 Å². The van der Waals surface area contributed by atoms with E-state index in [1.165, 1.54) is 106 Å². The van der Waals surface area contributed by atoms with Gasteiger partial charge in [0.2, 0.25) is 0 Å². The summed E-state index contributed by atoms with van der Waals surface area (Å²) in [6.07, 6.45) is -0.0220. The van der Waals surface area contributed by atoms with Crippen LogP contribution in [0.1, 0.15) is 11.7 Å². The van der Waals surface area contributed by atoms with E-state index in [4.69, 9.17) is 0 Å². The fourth-order valence-corrected chi connectivity index (χ4v) is 17.1. The summed E-state index contributed by atoms with van der Waals surface area (Å²) in [5, 5.41) is 11.5. The van der Waals surface area contributed by atoms with Gasteiger partial charge in [-0.1, -0.05) is 200 Å². The van der Waals surface area contributed by atoms with E-state index in [9.17, 15) is 0 Å². The van der Waals surface area contributed by atoms with Crippen LogP contribution in [0.2, 0.25) is 0 Å². The Hall–Kier alpha value is -8.67. The fraction of sp³-hybridized carbons (Fsp3) is 0.0145. The summed E-state index contributed by atoms with van der Waals surface area (Å²) in [5.41, 5.74) is 11.9. The van der Waals surface area contributed by atoms with Crippen LogP contribution in [-0.2, 0) is 0 Å². The number of para-hydroxylation sites is 1. The number of anilines is 3. The first-order valence-electron chi connectivity index (χ1n) is 25.0. The largest absolute Gasteiger partial charge is 0.359 e. The van der Waals surface area contributed by atoms with Crippen molar-refractivity contribution in [1.29, 1.82) is 0 Å². The van der Waals surface area contributed by atoms with Crippen molar-refractivity contribution in [3.8, 4) is 33.4 Å². The van der Waals surface area contributed by atoms with Crippen molar-refractivity contribution in [3.05, 3.63) is 285 Å². The Morgan fingerprint density at radius 2 is 0.836 bits per heavy atom. The van der Waals surface area contributed by atoms with E-state index in [1.807, 2.05) is 11.3 Å². The molecule has 1 unspecified atom stereocenters. The Morgan fingerprint density at radius 3 is 1.48 bits per heavy atom. The van der Waals surface area contributed by atoms with Crippen LogP contribution in [0, 0.1) is 0 Å². The first-order chi connectivity index (χ1) is 36.2. The first kappa shape index (κ1) is 43.1. The average Bonchev–Trinajstić information content (AvgIpc) is 4.05. The number of rotatable bonds is 9. The van der Waals surface area contributed by atoms with Crippen molar-refractivity contribution in [3.63, 3.8) is 0 Å². The van der Waals surface area contributed by atoms with Gasteiger partial charge < -0.3 is 10.2 Å². The highest BCUT2D eigenvalue weighted by Gasteiger charge is 2.36. The molecular weight excluding hydrogens is 921 g/mol. The topological polar surface area (TPSA) is 15.3 Å². The summed E-state index contributed by atoms with van der Waals surface area (Å²) < 4.78 is 2.67. The number of nitrogens with zero attached hydrogens (tertiary/aromatic N) is 1. The third kappa shape index (κ3) is 7.09. The normalized spacial score (nSPS) is 13.6. The lowest BCUT2D eigenvalue weighted by atomic mass is 9.85. The molecule has 4 heteroatoms. The van der Waals surface area contributed by atoms with E-state index in [0.29, 0.717) is 0 Å². The summed E-state index contributed by atoms with van der Waals surface area (Å²) in [5.74, 6) is 0. The minimum absolute atomic E-state index is 0.0220. The second-order valence-electron chi connectivity index (χ2n) is 18.8. The van der Waals surface area contributed by atoms with Crippen LogP contribution >= 0.6 is 21.4 Å². The Kier molecular flexibility index (Phi) is 10.6. The molecule has 12 aromatic carbocycles. The Morgan fingerprint density at radius 1 is 0.356 bits per heavy atom. The lowest BCUT2D eigenvalue weighted by Gasteiger charge is -2.42. The van der Waals surface area contributed by atoms with Crippen LogP contribution in [0.4, 0.5) is 17.1 Å². The molecule has 0 fully saturated rings. The first-order valence-corrected chi connectivity index (χ1v) is 27.5. The number of thiophene rings is 1. The maximum atomic E-state index is 3.90. The highest BCUT2D eigenvalue weighted by Crippen LogP contribution is 2.75. The van der Waals surface area contributed by atoms with Crippen LogP contribution in [-0.4, -0.2) is 0 Å². The third-order valence-corrected chi connectivity index (χ3v) is 20.0. The molecule has 2 heterocycles. The number of fused-ring (bicyclic) bond motifs is 6. The van der Waals surface area contributed by atoms with Crippen molar-refractivity contribution in [2.45, 2.75) is 25.7 Å². The van der Waals surface area contributed by atoms with Crippen LogP contribution < -0.4 is 10.2 Å². The fourth-order valence-electron chi connectivity index (χ4n) is 11.6. The number of nitrogens with one attached hydrogen (secondary N) is 1. The van der Waals surface area contributed by atoms with E-state index >= 15 is 0 Å². The standard InChI is InChI=1S/C69H48N2S2/c1-5-21-48(22-6-1)69-70-62-46-50(41-44-63(62)71(69)52-25-7-2-8-26-52)49-23-19-24-51(45-49)67-59-34-15-13-32-57(59)66(58-33-14-16-35-60(58)67)47-39-42-55(43-40-47)73(53-27-9-3-10-28-53,54-29-11-4-12-30-54)65-38-20-36-61-56-31-17-18-37-64(56)72-68(61)65/h1-46,69-70H. The summed E-state index contributed by atoms with van der Waals surface area (Å²) in [6, 6.07) is 103. The van der Waals surface area contributed by atoms with Crippen LogP contribution in [0.5, 0.6) is 0 Å². The lowest BCUT2D eigenvalue weighted by molar-refractivity contribution is 0.828. The molecule has 0 saturated heterocycles. The van der Waals surface area contributed by atoms with Crippen molar-refractivity contribution in [2.24, 2.45) is 0 Å². The summed E-state index contributed by atoms with van der Waals surface area (Å²) in [4.78, 5) is 7.74. The van der Waals surface area contributed by atoms with Gasteiger partial charge in [0, 0.05) is 45.4 Å². The molecule has 1 aliphatic heterocycles. The minimum Gasteiger partial charge on any atom is -0.359 e. The molecule has 1 N–H and O–H groups in total. The molecule has 0 spiro atoms. The predicted octanol–water partition coefficient (Wildman–Crippen LogP) is 20.0.